The van der Waals surface area contributed by atoms with Gasteiger partial charge in [0.15, 0.2) is 0 Å². The van der Waals surface area contributed by atoms with E-state index in [0.29, 0.717) is 11.3 Å². The Hall–Kier alpha value is -2.49. The van der Waals surface area contributed by atoms with Gasteiger partial charge in [0.1, 0.15) is 0 Å². The highest BCUT2D eigenvalue weighted by molar-refractivity contribution is 5.92. The fourth-order valence-electron chi connectivity index (χ4n) is 2.31. The Morgan fingerprint density at radius 2 is 1.95 bits per heavy atom. The van der Waals surface area contributed by atoms with Crippen molar-refractivity contribution < 1.29 is 9.53 Å². The van der Waals surface area contributed by atoms with Crippen molar-refractivity contribution in [1.82, 2.24) is 0 Å². The maximum atomic E-state index is 11.6. The third-order valence-electron chi connectivity index (χ3n) is 3.50. The summed E-state index contributed by atoms with van der Waals surface area (Å²) in [6.07, 6.45) is 0. The van der Waals surface area contributed by atoms with Crippen LogP contribution in [-0.4, -0.2) is 13.1 Å². The van der Waals surface area contributed by atoms with Crippen LogP contribution < -0.4 is 11.1 Å². The van der Waals surface area contributed by atoms with Gasteiger partial charge in [-0.25, -0.2) is 4.79 Å². The zero-order valence-electron chi connectivity index (χ0n) is 12.5. The third-order valence-corrected chi connectivity index (χ3v) is 3.50. The van der Waals surface area contributed by atoms with E-state index in [1.807, 2.05) is 12.1 Å². The Bertz CT molecular complexity index is 653. The van der Waals surface area contributed by atoms with Gasteiger partial charge in [-0.15, -0.1) is 0 Å². The Balaban J connectivity index is 2.27. The fraction of sp³-hybridized carbons (Fsp3) is 0.235. The van der Waals surface area contributed by atoms with Gasteiger partial charge < -0.3 is 15.8 Å². The molecule has 0 heterocycles. The fourth-order valence-corrected chi connectivity index (χ4v) is 2.31. The molecule has 0 radical (unpaired) electrons. The van der Waals surface area contributed by atoms with Crippen LogP contribution in [0.15, 0.2) is 42.5 Å². The lowest BCUT2D eigenvalue weighted by Crippen LogP contribution is -2.11. The van der Waals surface area contributed by atoms with Crippen molar-refractivity contribution in [2.45, 2.75) is 19.9 Å². The smallest absolute Gasteiger partial charge is 0.337 e. The van der Waals surface area contributed by atoms with E-state index >= 15 is 0 Å². The predicted molar refractivity (Wildman–Crippen MR) is 85.4 cm³/mol. The van der Waals surface area contributed by atoms with Gasteiger partial charge in [0.2, 0.25) is 0 Å². The first-order valence-electron chi connectivity index (χ1n) is 6.83. The molecule has 4 nitrogen and oxygen atoms in total. The zero-order chi connectivity index (χ0) is 15.4. The van der Waals surface area contributed by atoms with Crippen LogP contribution >= 0.6 is 0 Å². The average Bonchev–Trinajstić information content (AvgIpc) is 2.49. The number of nitrogens with one attached hydrogen (secondary N) is 1. The SMILES string of the molecule is COC(=O)c1ccc(N)c(NC(C)c2ccccc2C)c1. The van der Waals surface area contributed by atoms with Gasteiger partial charge in [-0.05, 0) is 43.2 Å². The first-order valence-corrected chi connectivity index (χ1v) is 6.83. The molecule has 2 rings (SSSR count). The number of rotatable bonds is 4. The number of carbonyl (C=O) groups excluding carboxylic acids is 1. The van der Waals surface area contributed by atoms with Crippen molar-refractivity contribution in [3.8, 4) is 0 Å². The molecule has 0 spiro atoms. The molecular formula is C17H20N2O2. The van der Waals surface area contributed by atoms with Gasteiger partial charge in [0, 0.05) is 6.04 Å². The summed E-state index contributed by atoms with van der Waals surface area (Å²) < 4.78 is 4.73. The molecule has 2 aromatic rings. The van der Waals surface area contributed by atoms with E-state index in [1.165, 1.54) is 18.2 Å². The number of ether oxygens (including phenoxy) is 1. The number of hydrogen-bond donors (Lipinski definition) is 2. The normalized spacial score (nSPS) is 11.8. The lowest BCUT2D eigenvalue weighted by atomic mass is 10.0. The molecule has 2 aromatic carbocycles. The first kappa shape index (κ1) is 14.9. The Morgan fingerprint density at radius 1 is 1.24 bits per heavy atom. The topological polar surface area (TPSA) is 64.3 Å². The zero-order valence-corrected chi connectivity index (χ0v) is 12.5. The highest BCUT2D eigenvalue weighted by Gasteiger charge is 2.12. The van der Waals surface area contributed by atoms with Crippen LogP contribution in [0.5, 0.6) is 0 Å². The van der Waals surface area contributed by atoms with Crippen molar-refractivity contribution in [3.05, 3.63) is 59.2 Å². The largest absolute Gasteiger partial charge is 0.465 e. The van der Waals surface area contributed by atoms with E-state index in [-0.39, 0.29) is 12.0 Å². The molecule has 4 heteroatoms. The van der Waals surface area contributed by atoms with Gasteiger partial charge in [-0.3, -0.25) is 0 Å². The molecule has 1 atom stereocenters. The van der Waals surface area contributed by atoms with Gasteiger partial charge in [0.25, 0.3) is 0 Å². The third kappa shape index (κ3) is 3.34. The molecule has 0 aromatic heterocycles. The highest BCUT2D eigenvalue weighted by atomic mass is 16.5. The second-order valence-corrected chi connectivity index (χ2v) is 5.02. The lowest BCUT2D eigenvalue weighted by molar-refractivity contribution is 0.0601. The monoisotopic (exact) mass is 284 g/mol. The number of carbonyl (C=O) groups is 1. The summed E-state index contributed by atoms with van der Waals surface area (Å²) >= 11 is 0. The van der Waals surface area contributed by atoms with Crippen LogP contribution in [0.1, 0.15) is 34.5 Å². The minimum absolute atomic E-state index is 0.0846. The van der Waals surface area contributed by atoms with Crippen LogP contribution in [0.3, 0.4) is 0 Å². The molecular weight excluding hydrogens is 264 g/mol. The second kappa shape index (κ2) is 6.31. The Labute approximate surface area is 124 Å². The van der Waals surface area contributed by atoms with Crippen molar-refractivity contribution >= 4 is 17.3 Å². The minimum Gasteiger partial charge on any atom is -0.465 e. The minimum atomic E-state index is -0.374. The summed E-state index contributed by atoms with van der Waals surface area (Å²) in [4.78, 5) is 11.6. The summed E-state index contributed by atoms with van der Waals surface area (Å²) in [5.74, 6) is -0.374. The van der Waals surface area contributed by atoms with Crippen LogP contribution in [0.4, 0.5) is 11.4 Å². The average molecular weight is 284 g/mol. The summed E-state index contributed by atoms with van der Waals surface area (Å²) in [7, 11) is 1.36. The quantitative estimate of drug-likeness (QED) is 0.666. The summed E-state index contributed by atoms with van der Waals surface area (Å²) in [6, 6.07) is 13.3. The van der Waals surface area contributed by atoms with E-state index < -0.39 is 0 Å². The molecule has 0 saturated heterocycles. The Morgan fingerprint density at radius 3 is 2.62 bits per heavy atom. The number of anilines is 2. The van der Waals surface area contributed by atoms with E-state index in [4.69, 9.17) is 10.5 Å². The maximum absolute atomic E-state index is 11.6. The van der Waals surface area contributed by atoms with Crippen molar-refractivity contribution in [1.29, 1.82) is 0 Å². The van der Waals surface area contributed by atoms with E-state index in [9.17, 15) is 4.79 Å². The van der Waals surface area contributed by atoms with Crippen LogP contribution in [0.2, 0.25) is 0 Å². The number of methoxy groups -OCH3 is 1. The number of nitrogens with two attached hydrogens (primary N) is 1. The molecule has 3 N–H and O–H groups in total. The summed E-state index contributed by atoms with van der Waals surface area (Å²) in [5.41, 5.74) is 10.2. The number of nitrogen functional groups attached to an aromatic ring is 1. The van der Waals surface area contributed by atoms with E-state index in [2.05, 4.69) is 31.3 Å². The summed E-state index contributed by atoms with van der Waals surface area (Å²) in [6.45, 7) is 4.13. The van der Waals surface area contributed by atoms with Gasteiger partial charge in [-0.1, -0.05) is 24.3 Å². The highest BCUT2D eigenvalue weighted by Crippen LogP contribution is 2.27. The number of aryl methyl sites for hydroxylation is 1. The summed E-state index contributed by atoms with van der Waals surface area (Å²) in [5, 5.41) is 3.35. The van der Waals surface area contributed by atoms with Gasteiger partial charge >= 0.3 is 5.97 Å². The molecule has 0 fully saturated rings. The van der Waals surface area contributed by atoms with Gasteiger partial charge in [0.05, 0.1) is 24.0 Å². The molecule has 0 saturated carbocycles. The molecule has 110 valence electrons. The van der Waals surface area contributed by atoms with E-state index in [0.717, 1.165) is 5.69 Å². The predicted octanol–water partition coefficient (Wildman–Crippen LogP) is 3.54. The van der Waals surface area contributed by atoms with Crippen molar-refractivity contribution in [2.75, 3.05) is 18.2 Å². The van der Waals surface area contributed by atoms with Crippen LogP contribution in [-0.2, 0) is 4.74 Å². The molecule has 0 aliphatic rings. The van der Waals surface area contributed by atoms with E-state index in [1.54, 1.807) is 18.2 Å². The second-order valence-electron chi connectivity index (χ2n) is 5.02. The molecule has 1 unspecified atom stereocenters. The molecule has 0 amide bonds. The van der Waals surface area contributed by atoms with Crippen molar-refractivity contribution in [3.63, 3.8) is 0 Å². The maximum Gasteiger partial charge on any atom is 0.337 e. The first-order chi connectivity index (χ1) is 10.0. The standard InChI is InChI=1S/C17H20N2O2/c1-11-6-4-5-7-14(11)12(2)19-16-10-13(17(20)21-3)8-9-15(16)18/h4-10,12,19H,18H2,1-3H3. The Kier molecular flexibility index (Phi) is 4.48. The molecule has 21 heavy (non-hydrogen) atoms. The lowest BCUT2D eigenvalue weighted by Gasteiger charge is -2.19. The van der Waals surface area contributed by atoms with Gasteiger partial charge in [-0.2, -0.15) is 0 Å². The van der Waals surface area contributed by atoms with Crippen LogP contribution in [0, 0.1) is 6.92 Å². The molecule has 0 aliphatic heterocycles. The molecule has 0 aliphatic carbocycles. The number of benzene rings is 2. The van der Waals surface area contributed by atoms with Crippen LogP contribution in [0.25, 0.3) is 0 Å². The van der Waals surface area contributed by atoms with Crippen molar-refractivity contribution in [2.24, 2.45) is 0 Å². The molecule has 0 bridgehead atoms. The number of hydrogen-bond acceptors (Lipinski definition) is 4. The number of esters is 1.